The van der Waals surface area contributed by atoms with Crippen LogP contribution in [-0.2, 0) is 15.0 Å². The van der Waals surface area contributed by atoms with Gasteiger partial charge in [-0.3, -0.25) is 0 Å². The van der Waals surface area contributed by atoms with Crippen LogP contribution in [0.2, 0.25) is 0 Å². The predicted octanol–water partition coefficient (Wildman–Crippen LogP) is 6.22. The Morgan fingerprint density at radius 2 is 1.57 bits per heavy atom. The van der Waals surface area contributed by atoms with Crippen molar-refractivity contribution in [2.45, 2.75) is 76.6 Å². The zero-order chi connectivity index (χ0) is 34.1. The molecule has 18 heteroatoms. The van der Waals surface area contributed by atoms with Crippen molar-refractivity contribution in [3.8, 4) is 5.75 Å². The van der Waals surface area contributed by atoms with E-state index in [0.29, 0.717) is 11.3 Å². The Bertz CT molecular complexity index is 1900. The Labute approximate surface area is 270 Å². The summed E-state index contributed by atoms with van der Waals surface area (Å²) in [5, 5.41) is 0. The van der Waals surface area contributed by atoms with Gasteiger partial charge in [-0.2, -0.15) is 13.2 Å². The number of halogens is 3. The van der Waals surface area contributed by atoms with Crippen LogP contribution in [0.3, 0.4) is 0 Å². The van der Waals surface area contributed by atoms with Crippen LogP contribution in [0.1, 0.15) is 60.2 Å². The van der Waals surface area contributed by atoms with E-state index in [-0.39, 0.29) is 54.2 Å². The molecule has 0 atom stereocenters. The molecule has 4 aromatic rings. The third-order valence-corrected chi connectivity index (χ3v) is 7.92. The number of piperidine rings is 1. The Morgan fingerprint density at radius 3 is 2.21 bits per heavy atom. The molecule has 47 heavy (non-hydrogen) atoms. The first-order valence-corrected chi connectivity index (χ1v) is 15.3. The molecule has 0 N–H and O–H groups in total. The number of carbonyl (C=O) groups excluding carboxylic acids is 3. The zero-order valence-electron chi connectivity index (χ0n) is 26.3. The SMILES string of the molecule is CC(C)(C)OC(=O)N1C(=O)n2c(nc3c(OSC(F)(F)F)cccc32)C12CCN(c1ncnc3c1ncn3C(=O)OC(C)(C)C)CC2. The fourth-order valence-electron chi connectivity index (χ4n) is 5.72. The summed E-state index contributed by atoms with van der Waals surface area (Å²) in [6, 6.07) is 3.55. The topological polar surface area (TPSA) is 147 Å². The van der Waals surface area contributed by atoms with Gasteiger partial charge in [0.1, 0.15) is 40.7 Å². The molecule has 3 aromatic heterocycles. The summed E-state index contributed by atoms with van der Waals surface area (Å²) in [5.41, 5.74) is -6.85. The molecule has 2 aliphatic rings. The molecule has 5 heterocycles. The monoisotopic (exact) mass is 676 g/mol. The molecule has 0 unspecified atom stereocenters. The number of carbonyl (C=O) groups is 3. The number of rotatable bonds is 3. The number of amides is 2. The molecule has 250 valence electrons. The van der Waals surface area contributed by atoms with Crippen LogP contribution < -0.4 is 9.08 Å². The molecule has 2 aliphatic heterocycles. The maximum atomic E-state index is 14.0. The van der Waals surface area contributed by atoms with Crippen LogP contribution >= 0.6 is 12.0 Å². The third kappa shape index (κ3) is 5.89. The van der Waals surface area contributed by atoms with Gasteiger partial charge in [0.15, 0.2) is 34.8 Å². The molecule has 2 amide bonds. The summed E-state index contributed by atoms with van der Waals surface area (Å²) in [7, 11) is 0. The van der Waals surface area contributed by atoms with E-state index in [1.165, 1.54) is 40.0 Å². The summed E-state index contributed by atoms with van der Waals surface area (Å²) in [4.78, 5) is 61.0. The molecule has 0 saturated carbocycles. The first kappa shape index (κ1) is 32.3. The highest BCUT2D eigenvalue weighted by Gasteiger charge is 2.58. The summed E-state index contributed by atoms with van der Waals surface area (Å²) < 4.78 is 57.4. The highest BCUT2D eigenvalue weighted by Crippen LogP contribution is 2.47. The van der Waals surface area contributed by atoms with E-state index in [0.717, 1.165) is 4.90 Å². The lowest BCUT2D eigenvalue weighted by Crippen LogP contribution is -2.55. The number of anilines is 1. The highest BCUT2D eigenvalue weighted by atomic mass is 32.2. The van der Waals surface area contributed by atoms with Gasteiger partial charge in [0.05, 0.1) is 5.52 Å². The van der Waals surface area contributed by atoms with E-state index >= 15 is 0 Å². The molecule has 0 bridgehead atoms. The minimum Gasteiger partial charge on any atom is -0.443 e. The summed E-state index contributed by atoms with van der Waals surface area (Å²) >= 11 is -0.687. The van der Waals surface area contributed by atoms with Gasteiger partial charge in [-0.15, -0.1) is 0 Å². The maximum absolute atomic E-state index is 14.0. The van der Waals surface area contributed by atoms with E-state index in [2.05, 4.69) is 19.9 Å². The minimum absolute atomic E-state index is 0.0448. The average molecular weight is 677 g/mol. The van der Waals surface area contributed by atoms with E-state index in [9.17, 15) is 27.6 Å². The molecule has 6 rings (SSSR count). The Balaban J connectivity index is 1.37. The molecule has 1 spiro atoms. The molecule has 1 fully saturated rings. The number of benzene rings is 1. The minimum atomic E-state index is -4.67. The number of imide groups is 1. The second-order valence-electron chi connectivity index (χ2n) is 13.1. The number of hydrogen-bond acceptors (Lipinski definition) is 12. The molecule has 1 aromatic carbocycles. The smallest absolute Gasteiger partial charge is 0.443 e. The number of ether oxygens (including phenoxy) is 2. The first-order chi connectivity index (χ1) is 21.9. The standard InChI is InChI=1S/C29H31F3N8O6S/c1-26(2,3)44-24(42)38-15-35-19-20(33-14-34-21(19)38)37-12-10-28(11-13-37)22-36-18-16(8-7-9-17(18)46-47-29(30,31)32)39(22)23(41)40(28)25(43)45-27(4,5)6/h7-9,14-15H,10-13H2,1-6H3. The molecule has 14 nitrogen and oxygen atoms in total. The number of nitrogens with zero attached hydrogens (tertiary/aromatic N) is 8. The van der Waals surface area contributed by atoms with Gasteiger partial charge in [-0.05, 0) is 66.5 Å². The third-order valence-electron chi connectivity index (χ3n) is 7.47. The molecular formula is C29H31F3N8O6S. The van der Waals surface area contributed by atoms with Crippen molar-refractivity contribution in [1.82, 2.24) is 34.0 Å². The number of para-hydroxylation sites is 1. The van der Waals surface area contributed by atoms with Gasteiger partial charge >= 0.3 is 23.7 Å². The van der Waals surface area contributed by atoms with Crippen molar-refractivity contribution in [3.63, 3.8) is 0 Å². The van der Waals surface area contributed by atoms with Crippen molar-refractivity contribution < 1.29 is 41.2 Å². The second kappa shape index (κ2) is 11.0. The van der Waals surface area contributed by atoms with Gasteiger partial charge in [0.25, 0.3) is 0 Å². The van der Waals surface area contributed by atoms with Crippen LogP contribution in [-0.4, -0.2) is 82.0 Å². The van der Waals surface area contributed by atoms with Crippen LogP contribution in [0.5, 0.6) is 5.75 Å². The molecule has 0 aliphatic carbocycles. The maximum Gasteiger partial charge on any atom is 0.479 e. The Hall–Kier alpha value is -4.61. The van der Waals surface area contributed by atoms with Gasteiger partial charge in [-0.1, -0.05) is 6.07 Å². The van der Waals surface area contributed by atoms with Crippen molar-refractivity contribution >= 4 is 58.3 Å². The number of fused-ring (bicyclic) bond motifs is 5. The van der Waals surface area contributed by atoms with Crippen LogP contribution in [0.25, 0.3) is 22.2 Å². The molecular weight excluding hydrogens is 645 g/mol. The number of imidazole rings is 2. The van der Waals surface area contributed by atoms with Crippen LogP contribution in [0.4, 0.5) is 33.4 Å². The summed E-state index contributed by atoms with van der Waals surface area (Å²) in [6.45, 7) is 10.7. The van der Waals surface area contributed by atoms with Crippen molar-refractivity contribution in [3.05, 3.63) is 36.7 Å². The number of alkyl halides is 3. The number of hydrogen-bond donors (Lipinski definition) is 0. The van der Waals surface area contributed by atoms with Crippen molar-refractivity contribution in [2.75, 3.05) is 18.0 Å². The van der Waals surface area contributed by atoms with E-state index < -0.39 is 52.5 Å². The Kier molecular flexibility index (Phi) is 7.56. The zero-order valence-corrected chi connectivity index (χ0v) is 27.1. The lowest BCUT2D eigenvalue weighted by atomic mass is 9.86. The fourth-order valence-corrected chi connectivity index (χ4v) is 6.04. The lowest BCUT2D eigenvalue weighted by Gasteiger charge is -2.42. The normalized spacial score (nSPS) is 16.7. The lowest BCUT2D eigenvalue weighted by molar-refractivity contribution is -0.0369. The number of aromatic nitrogens is 6. The first-order valence-electron chi connectivity index (χ1n) is 14.6. The fraction of sp³-hybridized carbons (Fsp3) is 0.483. The van der Waals surface area contributed by atoms with E-state index in [4.69, 9.17) is 13.7 Å². The summed E-state index contributed by atoms with van der Waals surface area (Å²) in [6.07, 6.45) is 1.39. The van der Waals surface area contributed by atoms with Gasteiger partial charge in [-0.25, -0.2) is 48.4 Å². The van der Waals surface area contributed by atoms with Gasteiger partial charge in [0, 0.05) is 13.1 Å². The van der Waals surface area contributed by atoms with Crippen molar-refractivity contribution in [2.24, 2.45) is 0 Å². The van der Waals surface area contributed by atoms with E-state index in [1.807, 2.05) is 4.90 Å². The highest BCUT2D eigenvalue weighted by molar-refractivity contribution is 7.95. The van der Waals surface area contributed by atoms with Crippen molar-refractivity contribution in [1.29, 1.82) is 0 Å². The summed E-state index contributed by atoms with van der Waals surface area (Å²) in [5.74, 6) is 0.423. The average Bonchev–Trinajstić information content (AvgIpc) is 3.62. The quantitative estimate of drug-likeness (QED) is 0.227. The van der Waals surface area contributed by atoms with Crippen LogP contribution in [0.15, 0.2) is 30.9 Å². The second-order valence-corrected chi connectivity index (χ2v) is 13.9. The molecule has 1 saturated heterocycles. The van der Waals surface area contributed by atoms with E-state index in [1.54, 1.807) is 41.5 Å². The predicted molar refractivity (Wildman–Crippen MR) is 163 cm³/mol. The largest absolute Gasteiger partial charge is 0.479 e. The van der Waals surface area contributed by atoms with Gasteiger partial charge in [0.2, 0.25) is 0 Å². The van der Waals surface area contributed by atoms with Crippen LogP contribution in [0, 0.1) is 0 Å². The molecule has 0 radical (unpaired) electrons. The van der Waals surface area contributed by atoms with Gasteiger partial charge < -0.3 is 18.6 Å². The Morgan fingerprint density at radius 1 is 0.915 bits per heavy atom.